The summed E-state index contributed by atoms with van der Waals surface area (Å²) in [5, 5.41) is 10.9. The zero-order valence-electron chi connectivity index (χ0n) is 10.6. The van der Waals surface area contributed by atoms with Gasteiger partial charge in [0.25, 0.3) is 0 Å². The molecule has 5 nitrogen and oxygen atoms in total. The maximum atomic E-state index is 12.0. The molecule has 0 aromatic heterocycles. The van der Waals surface area contributed by atoms with Gasteiger partial charge in [-0.15, -0.1) is 0 Å². The van der Waals surface area contributed by atoms with E-state index in [0.717, 1.165) is 4.47 Å². The van der Waals surface area contributed by atoms with Gasteiger partial charge in [-0.1, -0.05) is 44.0 Å². The van der Waals surface area contributed by atoms with Gasteiger partial charge in [-0.25, -0.2) is 0 Å². The van der Waals surface area contributed by atoms with Crippen molar-refractivity contribution in [1.29, 1.82) is 0 Å². The van der Waals surface area contributed by atoms with Crippen molar-refractivity contribution in [3.63, 3.8) is 0 Å². The van der Waals surface area contributed by atoms with E-state index in [9.17, 15) is 14.9 Å². The highest BCUT2D eigenvalue weighted by molar-refractivity contribution is 9.10. The lowest BCUT2D eigenvalue weighted by Gasteiger charge is -2.07. The Labute approximate surface area is 137 Å². The van der Waals surface area contributed by atoms with Crippen molar-refractivity contribution in [3.05, 3.63) is 67.1 Å². The lowest BCUT2D eigenvalue weighted by Crippen LogP contribution is -2.12. The second kappa shape index (κ2) is 6.82. The van der Waals surface area contributed by atoms with Gasteiger partial charge in [0.15, 0.2) is 18.1 Å². The van der Waals surface area contributed by atoms with E-state index in [4.69, 9.17) is 4.74 Å². The van der Waals surface area contributed by atoms with Crippen LogP contribution >= 0.6 is 31.9 Å². The smallest absolute Gasteiger partial charge is 0.312 e. The Balaban J connectivity index is 2.13. The first-order valence-electron chi connectivity index (χ1n) is 5.83. The van der Waals surface area contributed by atoms with Crippen LogP contribution in [0.3, 0.4) is 0 Å². The van der Waals surface area contributed by atoms with Crippen molar-refractivity contribution in [2.45, 2.75) is 0 Å². The number of nitrogens with zero attached hydrogens (tertiary/aromatic N) is 1. The third kappa shape index (κ3) is 4.12. The Morgan fingerprint density at radius 3 is 2.52 bits per heavy atom. The van der Waals surface area contributed by atoms with Crippen molar-refractivity contribution in [2.24, 2.45) is 0 Å². The summed E-state index contributed by atoms with van der Waals surface area (Å²) in [5.41, 5.74) is 0.288. The van der Waals surface area contributed by atoms with Crippen LogP contribution in [0.1, 0.15) is 10.4 Å². The average Bonchev–Trinajstić information content (AvgIpc) is 2.45. The van der Waals surface area contributed by atoms with Crippen molar-refractivity contribution >= 4 is 43.3 Å². The summed E-state index contributed by atoms with van der Waals surface area (Å²) in [6.45, 7) is -0.265. The number of halogens is 2. The van der Waals surface area contributed by atoms with E-state index in [1.165, 1.54) is 12.1 Å². The topological polar surface area (TPSA) is 69.4 Å². The Kier molecular flexibility index (Phi) is 5.08. The standard InChI is InChI=1S/C14H9Br2NO4/c15-10-3-1-2-9(6-10)13(18)8-21-14-5-4-11(16)7-12(14)17(19)20/h1-7H,8H2. The second-order valence-electron chi connectivity index (χ2n) is 4.09. The Bertz CT molecular complexity index is 703. The number of nitro groups is 1. The molecule has 0 aliphatic carbocycles. The summed E-state index contributed by atoms with van der Waals surface area (Å²) in [5.74, 6) is -0.194. The number of nitro benzene ring substituents is 1. The Hall–Kier alpha value is -1.73. The number of rotatable bonds is 5. The molecule has 2 rings (SSSR count). The molecule has 2 aromatic rings. The number of hydrogen-bond donors (Lipinski definition) is 0. The quantitative estimate of drug-likeness (QED) is 0.413. The van der Waals surface area contributed by atoms with Gasteiger partial charge in [0.1, 0.15) is 0 Å². The van der Waals surface area contributed by atoms with Gasteiger partial charge in [0.05, 0.1) is 4.92 Å². The lowest BCUT2D eigenvalue weighted by atomic mass is 10.1. The molecule has 0 saturated carbocycles. The highest BCUT2D eigenvalue weighted by Crippen LogP contribution is 2.30. The maximum absolute atomic E-state index is 12.0. The molecule has 0 N–H and O–H groups in total. The van der Waals surface area contributed by atoms with Gasteiger partial charge < -0.3 is 4.74 Å². The molecule has 0 heterocycles. The molecule has 0 bridgehead atoms. The minimum absolute atomic E-state index is 0.0616. The van der Waals surface area contributed by atoms with Crippen molar-refractivity contribution in [2.75, 3.05) is 6.61 Å². The molecule has 2 aromatic carbocycles. The average molecular weight is 415 g/mol. The van der Waals surface area contributed by atoms with Crippen LogP contribution in [0.2, 0.25) is 0 Å². The Morgan fingerprint density at radius 1 is 1.14 bits per heavy atom. The first-order valence-corrected chi connectivity index (χ1v) is 7.41. The minimum Gasteiger partial charge on any atom is -0.478 e. The highest BCUT2D eigenvalue weighted by Gasteiger charge is 2.17. The first kappa shape index (κ1) is 15.7. The zero-order valence-corrected chi connectivity index (χ0v) is 13.8. The molecule has 0 aliphatic rings. The third-order valence-corrected chi connectivity index (χ3v) is 3.61. The molecule has 0 atom stereocenters. The number of ether oxygens (including phenoxy) is 1. The van der Waals surface area contributed by atoms with E-state index >= 15 is 0 Å². The lowest BCUT2D eigenvalue weighted by molar-refractivity contribution is -0.385. The molecular weight excluding hydrogens is 406 g/mol. The third-order valence-electron chi connectivity index (χ3n) is 2.62. The van der Waals surface area contributed by atoms with Crippen molar-refractivity contribution in [3.8, 4) is 5.75 Å². The fraction of sp³-hybridized carbons (Fsp3) is 0.0714. The van der Waals surface area contributed by atoms with Crippen LogP contribution in [0.4, 0.5) is 5.69 Å². The fourth-order valence-corrected chi connectivity index (χ4v) is 2.39. The molecule has 108 valence electrons. The molecule has 0 radical (unpaired) electrons. The summed E-state index contributed by atoms with van der Waals surface area (Å²) in [6.07, 6.45) is 0. The summed E-state index contributed by atoms with van der Waals surface area (Å²) in [6, 6.07) is 11.3. The van der Waals surface area contributed by atoms with E-state index in [1.807, 2.05) is 0 Å². The molecule has 0 unspecified atom stereocenters. The summed E-state index contributed by atoms with van der Waals surface area (Å²) < 4.78 is 6.63. The van der Waals surface area contributed by atoms with Crippen LogP contribution in [-0.4, -0.2) is 17.3 Å². The molecule has 21 heavy (non-hydrogen) atoms. The normalized spacial score (nSPS) is 10.2. The van der Waals surface area contributed by atoms with E-state index in [0.29, 0.717) is 10.0 Å². The zero-order chi connectivity index (χ0) is 15.4. The predicted molar refractivity (Wildman–Crippen MR) is 84.8 cm³/mol. The van der Waals surface area contributed by atoms with Crippen LogP contribution in [0.25, 0.3) is 0 Å². The molecule has 0 aliphatic heterocycles. The molecule has 0 fully saturated rings. The van der Waals surface area contributed by atoms with Crippen LogP contribution in [0, 0.1) is 10.1 Å². The number of Topliss-reactive ketones (excluding diaryl/α,β-unsaturated/α-hetero) is 1. The van der Waals surface area contributed by atoms with Gasteiger partial charge in [-0.05, 0) is 24.3 Å². The fourth-order valence-electron chi connectivity index (χ4n) is 1.64. The summed E-state index contributed by atoms with van der Waals surface area (Å²) in [4.78, 5) is 22.4. The van der Waals surface area contributed by atoms with Crippen molar-refractivity contribution < 1.29 is 14.5 Å². The van der Waals surface area contributed by atoms with Gasteiger partial charge in [-0.3, -0.25) is 14.9 Å². The number of hydrogen-bond acceptors (Lipinski definition) is 4. The number of benzene rings is 2. The van der Waals surface area contributed by atoms with Crippen molar-refractivity contribution in [1.82, 2.24) is 0 Å². The molecular formula is C14H9Br2NO4. The van der Waals surface area contributed by atoms with Gasteiger partial charge in [0.2, 0.25) is 0 Å². The maximum Gasteiger partial charge on any atom is 0.312 e. The molecule has 7 heteroatoms. The number of ketones is 1. The largest absolute Gasteiger partial charge is 0.478 e. The highest BCUT2D eigenvalue weighted by atomic mass is 79.9. The molecule has 0 amide bonds. The SMILES string of the molecule is O=C(COc1ccc(Br)cc1[N+](=O)[O-])c1cccc(Br)c1. The predicted octanol–water partition coefficient (Wildman–Crippen LogP) is 4.38. The van der Waals surface area contributed by atoms with Gasteiger partial charge >= 0.3 is 5.69 Å². The van der Waals surface area contributed by atoms with E-state index < -0.39 is 4.92 Å². The summed E-state index contributed by atoms with van der Waals surface area (Å²) >= 11 is 6.43. The van der Waals surface area contributed by atoms with E-state index in [1.54, 1.807) is 30.3 Å². The van der Waals surface area contributed by atoms with E-state index in [2.05, 4.69) is 31.9 Å². The van der Waals surface area contributed by atoms with Crippen LogP contribution < -0.4 is 4.74 Å². The van der Waals surface area contributed by atoms with Crippen LogP contribution in [0.15, 0.2) is 51.4 Å². The van der Waals surface area contributed by atoms with E-state index in [-0.39, 0.29) is 23.8 Å². The second-order valence-corrected chi connectivity index (χ2v) is 5.92. The molecule has 0 spiro atoms. The number of carbonyl (C=O) groups is 1. The monoisotopic (exact) mass is 413 g/mol. The number of carbonyl (C=O) groups excluding carboxylic acids is 1. The minimum atomic E-state index is -0.552. The Morgan fingerprint density at radius 2 is 1.86 bits per heavy atom. The van der Waals surface area contributed by atoms with Gasteiger partial charge in [-0.2, -0.15) is 0 Å². The van der Waals surface area contributed by atoms with Crippen LogP contribution in [-0.2, 0) is 0 Å². The first-order chi connectivity index (χ1) is 9.97. The molecule has 0 saturated heterocycles. The van der Waals surface area contributed by atoms with Crippen LogP contribution in [0.5, 0.6) is 5.75 Å². The summed E-state index contributed by atoms with van der Waals surface area (Å²) in [7, 11) is 0. The van der Waals surface area contributed by atoms with Gasteiger partial charge in [0, 0.05) is 20.6 Å².